The molecule has 6 rings (SSSR count). The van der Waals surface area contributed by atoms with E-state index in [2.05, 4.69) is 10.3 Å². The number of ether oxygens (including phenoxy) is 1. The maximum Gasteiger partial charge on any atom is 0.255 e. The first-order chi connectivity index (χ1) is 22.2. The fourth-order valence-corrected chi connectivity index (χ4v) is 5.75. The molecule has 0 spiro atoms. The van der Waals surface area contributed by atoms with Gasteiger partial charge in [-0.15, -0.1) is 0 Å². The van der Waals surface area contributed by atoms with E-state index < -0.39 is 22.7 Å². The van der Waals surface area contributed by atoms with Gasteiger partial charge in [-0.25, -0.2) is 18.0 Å². The molecule has 1 atom stereocenters. The van der Waals surface area contributed by atoms with Crippen molar-refractivity contribution in [2.45, 2.75) is 6.92 Å². The number of rotatable bonds is 9. The second-order valence-corrected chi connectivity index (χ2v) is 11.9. The third-order valence-corrected chi connectivity index (χ3v) is 8.64. The number of nitrogens with one attached hydrogen (secondary N) is 2. The van der Waals surface area contributed by atoms with E-state index in [1.54, 1.807) is 72.4 Å². The number of nitrogens with zero attached hydrogens (tertiary/aromatic N) is 2. The van der Waals surface area contributed by atoms with E-state index in [0.29, 0.717) is 67.9 Å². The third-order valence-electron chi connectivity index (χ3n) is 7.67. The molecule has 6 aromatic rings. The molecular formula is C35H30F2N4O4S. The molecule has 46 heavy (non-hydrogen) atoms. The standard InChI is InChI=1S/C35H30F2N4O4S/c1-5-44-16-15-20-11-14-28(40-33(20)29-18-23-26(37)7-6-8-27(23)39-29)24-17-25-31(19-30(24)41(3)46(4)43)45-34(32(25)35(42)38-2)21-9-12-22(36)13-10-21/h6-19,39H,5H2,1-4H3,(H,38,42)/b16-15+. The van der Waals surface area contributed by atoms with E-state index in [1.165, 1.54) is 25.2 Å². The lowest BCUT2D eigenvalue weighted by molar-refractivity contribution is 0.0964. The smallest absolute Gasteiger partial charge is 0.255 e. The number of amides is 1. The van der Waals surface area contributed by atoms with Gasteiger partial charge in [0.1, 0.15) is 34.0 Å². The molecular weight excluding hydrogens is 610 g/mol. The number of fused-ring (bicyclic) bond motifs is 2. The van der Waals surface area contributed by atoms with Crippen LogP contribution in [0.15, 0.2) is 83.5 Å². The predicted molar refractivity (Wildman–Crippen MR) is 179 cm³/mol. The number of aromatic amines is 1. The van der Waals surface area contributed by atoms with Crippen molar-refractivity contribution in [1.82, 2.24) is 15.3 Å². The van der Waals surface area contributed by atoms with Gasteiger partial charge in [-0.3, -0.25) is 9.10 Å². The molecule has 8 nitrogen and oxygen atoms in total. The Morgan fingerprint density at radius 3 is 2.57 bits per heavy atom. The second kappa shape index (κ2) is 12.6. The monoisotopic (exact) mass is 640 g/mol. The quantitative estimate of drug-likeness (QED) is 0.158. The minimum atomic E-state index is -1.43. The highest BCUT2D eigenvalue weighted by molar-refractivity contribution is 7.85. The number of hydrogen-bond acceptors (Lipinski definition) is 5. The van der Waals surface area contributed by atoms with E-state index in [-0.39, 0.29) is 17.1 Å². The molecule has 0 radical (unpaired) electrons. The first-order valence-electron chi connectivity index (χ1n) is 14.4. The first kappa shape index (κ1) is 30.7. The summed E-state index contributed by atoms with van der Waals surface area (Å²) in [6.07, 6.45) is 4.91. The summed E-state index contributed by atoms with van der Waals surface area (Å²) >= 11 is 0. The molecule has 1 unspecified atom stereocenters. The van der Waals surface area contributed by atoms with Crippen molar-refractivity contribution >= 4 is 50.5 Å². The summed E-state index contributed by atoms with van der Waals surface area (Å²) in [5.41, 5.74) is 5.21. The molecule has 2 N–H and O–H groups in total. The number of furan rings is 1. The predicted octanol–water partition coefficient (Wildman–Crippen LogP) is 7.68. The van der Waals surface area contributed by atoms with Crippen LogP contribution < -0.4 is 9.62 Å². The summed E-state index contributed by atoms with van der Waals surface area (Å²) in [5.74, 6) is -0.907. The fraction of sp³-hybridized carbons (Fsp3) is 0.143. The number of aromatic nitrogens is 2. The van der Waals surface area contributed by atoms with Gasteiger partial charge in [0.15, 0.2) is 0 Å². The van der Waals surface area contributed by atoms with Crippen LogP contribution in [0, 0.1) is 11.6 Å². The van der Waals surface area contributed by atoms with Gasteiger partial charge in [0.2, 0.25) is 0 Å². The Labute approximate surface area is 266 Å². The molecule has 0 aliphatic rings. The second-order valence-electron chi connectivity index (χ2n) is 10.5. The van der Waals surface area contributed by atoms with Crippen molar-refractivity contribution in [1.29, 1.82) is 0 Å². The Kier molecular flexibility index (Phi) is 8.42. The zero-order valence-corrected chi connectivity index (χ0v) is 26.3. The average Bonchev–Trinajstić information content (AvgIpc) is 3.66. The zero-order valence-electron chi connectivity index (χ0n) is 25.5. The molecule has 3 heterocycles. The summed E-state index contributed by atoms with van der Waals surface area (Å²) < 4.78 is 54.5. The number of halogens is 2. The van der Waals surface area contributed by atoms with Gasteiger partial charge in [-0.2, -0.15) is 0 Å². The summed E-state index contributed by atoms with van der Waals surface area (Å²) in [6, 6.07) is 19.4. The molecule has 0 bridgehead atoms. The van der Waals surface area contributed by atoms with Gasteiger partial charge in [-0.05, 0) is 67.6 Å². The Morgan fingerprint density at radius 1 is 1.09 bits per heavy atom. The van der Waals surface area contributed by atoms with Crippen LogP contribution >= 0.6 is 0 Å². The Morgan fingerprint density at radius 2 is 1.87 bits per heavy atom. The molecule has 0 saturated heterocycles. The fourth-order valence-electron chi connectivity index (χ4n) is 5.32. The number of benzene rings is 3. The van der Waals surface area contributed by atoms with E-state index >= 15 is 0 Å². The summed E-state index contributed by atoms with van der Waals surface area (Å²) in [5, 5.41) is 3.59. The van der Waals surface area contributed by atoms with Crippen LogP contribution in [0.1, 0.15) is 22.8 Å². The van der Waals surface area contributed by atoms with Crippen LogP contribution in [-0.2, 0) is 15.7 Å². The molecule has 3 aromatic heterocycles. The zero-order chi connectivity index (χ0) is 32.5. The van der Waals surface area contributed by atoms with Crippen LogP contribution in [0.25, 0.3) is 61.9 Å². The Balaban J connectivity index is 1.62. The van der Waals surface area contributed by atoms with E-state index in [0.717, 1.165) is 0 Å². The number of hydrogen-bond donors (Lipinski definition) is 2. The van der Waals surface area contributed by atoms with Crippen molar-refractivity contribution in [2.24, 2.45) is 0 Å². The van der Waals surface area contributed by atoms with Crippen LogP contribution in [0.3, 0.4) is 0 Å². The van der Waals surface area contributed by atoms with Crippen LogP contribution in [0.5, 0.6) is 0 Å². The molecule has 11 heteroatoms. The van der Waals surface area contributed by atoms with Gasteiger partial charge in [-0.1, -0.05) is 12.1 Å². The van der Waals surface area contributed by atoms with Crippen molar-refractivity contribution < 1.29 is 26.9 Å². The normalized spacial score (nSPS) is 12.2. The van der Waals surface area contributed by atoms with Gasteiger partial charge < -0.3 is 19.5 Å². The molecule has 0 fully saturated rings. The maximum atomic E-state index is 14.7. The minimum Gasteiger partial charge on any atom is -0.501 e. The highest BCUT2D eigenvalue weighted by Crippen LogP contribution is 2.41. The molecule has 234 valence electrons. The number of carbonyl (C=O) groups is 1. The highest BCUT2D eigenvalue weighted by Gasteiger charge is 2.25. The SMILES string of the molecule is CCO/C=C/c1ccc(-c2cc3c(C(=O)NC)c(-c4ccc(F)cc4)oc3cc2N(C)S(C)=O)nc1-c1cc2c(F)cccc2[nH]1. The van der Waals surface area contributed by atoms with Crippen molar-refractivity contribution in [3.63, 3.8) is 0 Å². The third kappa shape index (κ3) is 5.65. The van der Waals surface area contributed by atoms with Crippen molar-refractivity contribution in [3.05, 3.63) is 102 Å². The van der Waals surface area contributed by atoms with E-state index in [9.17, 15) is 17.8 Å². The maximum absolute atomic E-state index is 14.7. The highest BCUT2D eigenvalue weighted by atomic mass is 32.2. The summed E-state index contributed by atoms with van der Waals surface area (Å²) in [7, 11) is 1.77. The van der Waals surface area contributed by atoms with Crippen molar-refractivity contribution in [2.75, 3.05) is 31.3 Å². The number of pyridine rings is 1. The number of carbonyl (C=O) groups excluding carboxylic acids is 1. The largest absolute Gasteiger partial charge is 0.501 e. The van der Waals surface area contributed by atoms with Crippen molar-refractivity contribution in [3.8, 4) is 34.0 Å². The lowest BCUT2D eigenvalue weighted by Crippen LogP contribution is -2.20. The lowest BCUT2D eigenvalue weighted by atomic mass is 10.00. The lowest BCUT2D eigenvalue weighted by Gasteiger charge is -2.20. The number of H-pyrrole nitrogens is 1. The summed E-state index contributed by atoms with van der Waals surface area (Å²) in [6.45, 7) is 2.36. The number of anilines is 1. The Hall–Kier alpha value is -5.29. The van der Waals surface area contributed by atoms with E-state index in [4.69, 9.17) is 14.1 Å². The van der Waals surface area contributed by atoms with Crippen LogP contribution in [0.4, 0.5) is 14.5 Å². The molecule has 0 aliphatic carbocycles. The summed E-state index contributed by atoms with van der Waals surface area (Å²) in [4.78, 5) is 21.6. The Bertz CT molecular complexity index is 2150. The van der Waals surface area contributed by atoms with Crippen LogP contribution in [0.2, 0.25) is 0 Å². The topological polar surface area (TPSA) is 100 Å². The van der Waals surface area contributed by atoms with Gasteiger partial charge in [0.25, 0.3) is 5.91 Å². The first-order valence-corrected chi connectivity index (χ1v) is 15.9. The molecule has 1 amide bonds. The molecule has 0 aliphatic heterocycles. The molecule has 3 aromatic carbocycles. The van der Waals surface area contributed by atoms with Gasteiger partial charge in [0.05, 0.1) is 41.2 Å². The van der Waals surface area contributed by atoms with Gasteiger partial charge >= 0.3 is 0 Å². The van der Waals surface area contributed by atoms with Crippen LogP contribution in [-0.4, -0.2) is 47.0 Å². The molecule has 0 saturated carbocycles. The minimum absolute atomic E-state index is 0.264. The average molecular weight is 641 g/mol. The van der Waals surface area contributed by atoms with E-state index in [1.807, 2.05) is 19.1 Å². The van der Waals surface area contributed by atoms with Gasteiger partial charge in [0, 0.05) is 59.4 Å².